The normalized spacial score (nSPS) is 17.6. The molecule has 0 spiro atoms. The third-order valence-corrected chi connectivity index (χ3v) is 4.25. The molecule has 120 valence electrons. The van der Waals surface area contributed by atoms with Crippen molar-refractivity contribution in [3.05, 3.63) is 52.9 Å². The summed E-state index contributed by atoms with van der Waals surface area (Å²) in [5.41, 5.74) is 1.68. The van der Waals surface area contributed by atoms with Crippen LogP contribution < -0.4 is 10.2 Å². The Hall–Kier alpha value is -2.27. The van der Waals surface area contributed by atoms with Crippen molar-refractivity contribution in [2.75, 3.05) is 11.4 Å². The molecule has 23 heavy (non-hydrogen) atoms. The van der Waals surface area contributed by atoms with Gasteiger partial charge in [0.1, 0.15) is 11.7 Å². The minimum atomic E-state index is -0.679. The first kappa shape index (κ1) is 15.6. The van der Waals surface area contributed by atoms with Gasteiger partial charge in [-0.15, -0.1) is 0 Å². The molecule has 0 unspecified atom stereocenters. The summed E-state index contributed by atoms with van der Waals surface area (Å²) in [6.07, 6.45) is 2.02. The molecule has 0 aliphatic carbocycles. The van der Waals surface area contributed by atoms with Gasteiger partial charge >= 0.3 is 0 Å². The quantitative estimate of drug-likeness (QED) is 0.876. The number of amides is 2. The van der Waals surface area contributed by atoms with E-state index < -0.39 is 5.92 Å². The fraction of sp³-hybridized carbons (Fsp3) is 0.294. The van der Waals surface area contributed by atoms with Gasteiger partial charge in [-0.1, -0.05) is 17.7 Å². The summed E-state index contributed by atoms with van der Waals surface area (Å²) >= 11 is 6.19. The highest BCUT2D eigenvalue weighted by Crippen LogP contribution is 2.32. The van der Waals surface area contributed by atoms with Crippen molar-refractivity contribution in [1.29, 1.82) is 0 Å². The topological polar surface area (TPSA) is 62.6 Å². The molecule has 1 atom stereocenters. The second-order valence-electron chi connectivity index (χ2n) is 5.58. The maximum absolute atomic E-state index is 12.6. The van der Waals surface area contributed by atoms with Gasteiger partial charge in [-0.05, 0) is 43.2 Å². The fourth-order valence-corrected chi connectivity index (χ4v) is 2.92. The molecule has 2 aromatic rings. The number of carbonyl (C=O) groups excluding carboxylic acids is 2. The van der Waals surface area contributed by atoms with E-state index in [2.05, 4.69) is 5.32 Å². The van der Waals surface area contributed by atoms with Crippen LogP contribution in [0, 0.1) is 12.8 Å². The van der Waals surface area contributed by atoms with Crippen LogP contribution >= 0.6 is 11.6 Å². The average molecular weight is 333 g/mol. The van der Waals surface area contributed by atoms with Gasteiger partial charge in [-0.2, -0.15) is 0 Å². The Balaban J connectivity index is 1.68. The summed E-state index contributed by atoms with van der Waals surface area (Å²) in [6.45, 7) is 2.70. The highest BCUT2D eigenvalue weighted by Gasteiger charge is 2.38. The second kappa shape index (κ2) is 6.46. The van der Waals surface area contributed by atoms with Crippen molar-refractivity contribution in [2.45, 2.75) is 19.9 Å². The van der Waals surface area contributed by atoms with Crippen LogP contribution in [-0.4, -0.2) is 18.4 Å². The van der Waals surface area contributed by atoms with Crippen molar-refractivity contribution >= 4 is 29.1 Å². The zero-order chi connectivity index (χ0) is 16.4. The number of hydrogen-bond donors (Lipinski definition) is 1. The number of nitrogens with zero attached hydrogens (tertiary/aromatic N) is 1. The zero-order valence-electron chi connectivity index (χ0n) is 12.7. The third-order valence-electron chi connectivity index (χ3n) is 3.93. The number of aryl methyl sites for hydroxylation is 1. The molecule has 1 aromatic carbocycles. The molecule has 1 aliphatic rings. The predicted molar refractivity (Wildman–Crippen MR) is 87.2 cm³/mol. The molecule has 0 radical (unpaired) electrons. The molecule has 2 amide bonds. The van der Waals surface area contributed by atoms with E-state index in [1.54, 1.807) is 29.4 Å². The van der Waals surface area contributed by atoms with Crippen molar-refractivity contribution in [1.82, 2.24) is 5.32 Å². The van der Waals surface area contributed by atoms with Crippen LogP contribution in [0.4, 0.5) is 5.69 Å². The van der Waals surface area contributed by atoms with Crippen LogP contribution in [0.15, 0.2) is 41.0 Å². The number of anilines is 1. The molecular weight excluding hydrogens is 316 g/mol. The molecule has 6 heteroatoms. The maximum atomic E-state index is 12.6. The summed E-state index contributed by atoms with van der Waals surface area (Å²) in [5.74, 6) is -0.518. The Morgan fingerprint density at radius 2 is 2.26 bits per heavy atom. The number of hydrogen-bond acceptors (Lipinski definition) is 3. The van der Waals surface area contributed by atoms with Crippen LogP contribution in [0.25, 0.3) is 0 Å². The predicted octanol–water partition coefficient (Wildman–Crippen LogP) is 2.91. The first-order valence-electron chi connectivity index (χ1n) is 7.44. The Kier molecular flexibility index (Phi) is 4.39. The first-order valence-corrected chi connectivity index (χ1v) is 7.81. The van der Waals surface area contributed by atoms with Gasteiger partial charge in [0.2, 0.25) is 11.8 Å². The Bertz CT molecular complexity index is 727. The number of rotatable bonds is 4. The summed E-state index contributed by atoms with van der Waals surface area (Å²) < 4.78 is 5.17. The molecule has 5 nitrogen and oxygen atoms in total. The van der Waals surface area contributed by atoms with E-state index in [4.69, 9.17) is 16.0 Å². The lowest BCUT2D eigenvalue weighted by atomic mass is 10.1. The SMILES string of the molecule is Cc1ccc(Cl)c(N2CC[C@H](C(=O)NCc3ccco3)C2=O)c1. The first-order chi connectivity index (χ1) is 11.1. The van der Waals surface area contributed by atoms with Crippen molar-refractivity contribution < 1.29 is 14.0 Å². The minimum absolute atomic E-state index is 0.213. The van der Waals surface area contributed by atoms with Crippen molar-refractivity contribution in [3.8, 4) is 0 Å². The Morgan fingerprint density at radius 3 is 3.00 bits per heavy atom. The van der Waals surface area contributed by atoms with Gasteiger partial charge in [0.05, 0.1) is 23.5 Å². The Labute approximate surface area is 139 Å². The molecular formula is C17H17ClN2O3. The molecule has 2 heterocycles. The van der Waals surface area contributed by atoms with Crippen LogP contribution in [-0.2, 0) is 16.1 Å². The number of furan rings is 1. The molecule has 1 aliphatic heterocycles. The van der Waals surface area contributed by atoms with Crippen molar-refractivity contribution in [2.24, 2.45) is 5.92 Å². The van der Waals surface area contributed by atoms with Crippen LogP contribution in [0.3, 0.4) is 0 Å². The molecule has 0 bridgehead atoms. The molecule has 1 aromatic heterocycles. The van der Waals surface area contributed by atoms with Crippen LogP contribution in [0.1, 0.15) is 17.7 Å². The van der Waals surface area contributed by atoms with Gasteiger partial charge in [0.25, 0.3) is 0 Å². The van der Waals surface area contributed by atoms with E-state index in [0.29, 0.717) is 29.4 Å². The number of nitrogens with one attached hydrogen (secondary N) is 1. The Morgan fingerprint density at radius 1 is 1.43 bits per heavy atom. The highest BCUT2D eigenvalue weighted by molar-refractivity contribution is 6.34. The lowest BCUT2D eigenvalue weighted by molar-refractivity contribution is -0.132. The lowest BCUT2D eigenvalue weighted by Gasteiger charge is -2.18. The van der Waals surface area contributed by atoms with Crippen LogP contribution in [0.2, 0.25) is 5.02 Å². The number of carbonyl (C=O) groups is 2. The zero-order valence-corrected chi connectivity index (χ0v) is 13.5. The largest absolute Gasteiger partial charge is 0.467 e. The summed E-state index contributed by atoms with van der Waals surface area (Å²) in [5, 5.41) is 3.26. The molecule has 0 saturated carbocycles. The number of benzene rings is 1. The van der Waals surface area contributed by atoms with E-state index in [1.807, 2.05) is 19.1 Å². The molecule has 1 N–H and O–H groups in total. The average Bonchev–Trinajstić information content (AvgIpc) is 3.17. The van der Waals surface area contributed by atoms with Gasteiger partial charge in [-0.25, -0.2) is 0 Å². The van der Waals surface area contributed by atoms with Gasteiger partial charge in [0, 0.05) is 6.54 Å². The molecule has 1 fully saturated rings. The van der Waals surface area contributed by atoms with E-state index in [1.165, 1.54) is 0 Å². The second-order valence-corrected chi connectivity index (χ2v) is 5.99. The molecule has 3 rings (SSSR count). The maximum Gasteiger partial charge on any atom is 0.239 e. The standard InChI is InChI=1S/C17H17ClN2O3/c1-11-4-5-14(18)15(9-11)20-7-6-13(17(20)22)16(21)19-10-12-3-2-8-23-12/h2-5,8-9,13H,6-7,10H2,1H3,(H,19,21)/t13-/m1/s1. The third kappa shape index (κ3) is 3.24. The van der Waals surface area contributed by atoms with E-state index >= 15 is 0 Å². The number of halogens is 1. The lowest BCUT2D eigenvalue weighted by Crippen LogP contribution is -2.36. The highest BCUT2D eigenvalue weighted by atomic mass is 35.5. The van der Waals surface area contributed by atoms with E-state index in [0.717, 1.165) is 5.56 Å². The van der Waals surface area contributed by atoms with E-state index in [9.17, 15) is 9.59 Å². The van der Waals surface area contributed by atoms with Gasteiger partial charge < -0.3 is 14.6 Å². The van der Waals surface area contributed by atoms with Crippen molar-refractivity contribution in [3.63, 3.8) is 0 Å². The summed E-state index contributed by atoms with van der Waals surface area (Å²) in [6, 6.07) is 9.05. The summed E-state index contributed by atoms with van der Waals surface area (Å²) in [7, 11) is 0. The molecule has 1 saturated heterocycles. The summed E-state index contributed by atoms with van der Waals surface area (Å²) in [4.78, 5) is 26.4. The minimum Gasteiger partial charge on any atom is -0.467 e. The van der Waals surface area contributed by atoms with Crippen LogP contribution in [0.5, 0.6) is 0 Å². The fourth-order valence-electron chi connectivity index (χ4n) is 2.70. The van der Waals surface area contributed by atoms with Gasteiger partial charge in [-0.3, -0.25) is 9.59 Å². The van der Waals surface area contributed by atoms with Gasteiger partial charge in [0.15, 0.2) is 0 Å². The monoisotopic (exact) mass is 332 g/mol. The van der Waals surface area contributed by atoms with E-state index in [-0.39, 0.29) is 18.4 Å². The smallest absolute Gasteiger partial charge is 0.239 e.